The first kappa shape index (κ1) is 11.3. The topological polar surface area (TPSA) is 33.4 Å². The molecule has 0 aromatic carbocycles. The molecule has 1 fully saturated rings. The van der Waals surface area contributed by atoms with Crippen molar-refractivity contribution < 1.29 is 9.52 Å². The number of fused-ring (bicyclic) bond motifs is 3. The molecule has 1 heterocycles. The highest BCUT2D eigenvalue weighted by molar-refractivity contribution is 5.31. The van der Waals surface area contributed by atoms with Crippen LogP contribution in [-0.2, 0) is 11.8 Å². The van der Waals surface area contributed by atoms with Crippen LogP contribution in [-0.4, -0.2) is 11.7 Å². The number of furan rings is 1. The van der Waals surface area contributed by atoms with Crippen LogP contribution in [0.2, 0.25) is 0 Å². The van der Waals surface area contributed by atoms with Gasteiger partial charge < -0.3 is 9.52 Å². The molecule has 94 valence electrons. The van der Waals surface area contributed by atoms with Crippen molar-refractivity contribution in [3.05, 3.63) is 23.7 Å². The van der Waals surface area contributed by atoms with E-state index in [9.17, 15) is 5.11 Å². The van der Waals surface area contributed by atoms with Crippen molar-refractivity contribution in [3.8, 4) is 0 Å². The summed E-state index contributed by atoms with van der Waals surface area (Å²) in [7, 11) is 0. The van der Waals surface area contributed by atoms with Crippen molar-refractivity contribution in [2.45, 2.75) is 51.4 Å². The molecule has 3 rings (SSSR count). The summed E-state index contributed by atoms with van der Waals surface area (Å²) in [6.45, 7) is 4.90. The summed E-state index contributed by atoms with van der Waals surface area (Å²) >= 11 is 0. The van der Waals surface area contributed by atoms with Crippen LogP contribution < -0.4 is 0 Å². The summed E-state index contributed by atoms with van der Waals surface area (Å²) in [4.78, 5) is 0. The highest BCUT2D eigenvalue weighted by Gasteiger charge is 2.53. The minimum Gasteiger partial charge on any atom is -0.468 e. The molecule has 1 saturated carbocycles. The van der Waals surface area contributed by atoms with E-state index in [-0.39, 0.29) is 10.8 Å². The molecule has 3 atom stereocenters. The third kappa shape index (κ3) is 1.43. The van der Waals surface area contributed by atoms with Gasteiger partial charge >= 0.3 is 0 Å². The van der Waals surface area contributed by atoms with Gasteiger partial charge in [0.05, 0.1) is 6.26 Å². The fraction of sp³-hybridized carbons (Fsp3) is 0.733. The molecular formula is C15H22O2. The second-order valence-electron chi connectivity index (χ2n) is 6.45. The van der Waals surface area contributed by atoms with Gasteiger partial charge in [-0.15, -0.1) is 0 Å². The molecule has 0 saturated heterocycles. The minimum atomic E-state index is 0.0808. The van der Waals surface area contributed by atoms with E-state index < -0.39 is 0 Å². The van der Waals surface area contributed by atoms with Crippen LogP contribution in [0.1, 0.15) is 50.9 Å². The molecule has 2 aliphatic rings. The van der Waals surface area contributed by atoms with Crippen LogP contribution in [0.5, 0.6) is 0 Å². The van der Waals surface area contributed by atoms with E-state index in [0.29, 0.717) is 12.5 Å². The lowest BCUT2D eigenvalue weighted by atomic mass is 9.51. The molecule has 0 unspecified atom stereocenters. The second-order valence-corrected chi connectivity index (χ2v) is 6.45. The molecule has 0 aliphatic heterocycles. The third-order valence-corrected chi connectivity index (χ3v) is 5.38. The van der Waals surface area contributed by atoms with Crippen LogP contribution in [0.15, 0.2) is 16.7 Å². The van der Waals surface area contributed by atoms with Crippen molar-refractivity contribution in [1.29, 1.82) is 0 Å². The van der Waals surface area contributed by atoms with E-state index in [1.54, 1.807) is 0 Å². The fourth-order valence-corrected chi connectivity index (χ4v) is 4.44. The van der Waals surface area contributed by atoms with Crippen molar-refractivity contribution in [3.63, 3.8) is 0 Å². The Morgan fingerprint density at radius 2 is 2.24 bits per heavy atom. The van der Waals surface area contributed by atoms with Crippen LogP contribution in [0.4, 0.5) is 0 Å². The fourth-order valence-electron chi connectivity index (χ4n) is 4.44. The predicted molar refractivity (Wildman–Crippen MR) is 66.9 cm³/mol. The summed E-state index contributed by atoms with van der Waals surface area (Å²) in [5, 5.41) is 9.77. The summed E-state index contributed by atoms with van der Waals surface area (Å²) in [6, 6.07) is 2.13. The second kappa shape index (κ2) is 3.61. The first-order valence-electron chi connectivity index (χ1n) is 6.78. The largest absolute Gasteiger partial charge is 0.468 e. The number of aliphatic hydroxyl groups excluding tert-OH is 1. The van der Waals surface area contributed by atoms with Crippen LogP contribution in [0.3, 0.4) is 0 Å². The first-order chi connectivity index (χ1) is 8.10. The Bertz CT molecular complexity index is 422. The minimum absolute atomic E-state index is 0.0808. The molecule has 1 aromatic rings. The lowest BCUT2D eigenvalue weighted by Gasteiger charge is -2.53. The van der Waals surface area contributed by atoms with Gasteiger partial charge in [0.2, 0.25) is 0 Å². The van der Waals surface area contributed by atoms with E-state index in [4.69, 9.17) is 4.42 Å². The van der Waals surface area contributed by atoms with Crippen molar-refractivity contribution in [2.75, 3.05) is 6.61 Å². The van der Waals surface area contributed by atoms with Crippen LogP contribution in [0.25, 0.3) is 0 Å². The zero-order valence-electron chi connectivity index (χ0n) is 10.8. The van der Waals surface area contributed by atoms with Gasteiger partial charge in [0.1, 0.15) is 5.76 Å². The number of rotatable bonds is 1. The van der Waals surface area contributed by atoms with E-state index in [0.717, 1.165) is 12.8 Å². The zero-order valence-corrected chi connectivity index (χ0v) is 10.8. The number of aryl methyl sites for hydroxylation is 1. The molecule has 0 spiro atoms. The number of aliphatic hydroxyl groups is 1. The molecule has 0 bridgehead atoms. The lowest BCUT2D eigenvalue weighted by molar-refractivity contribution is -0.0259. The van der Waals surface area contributed by atoms with Crippen molar-refractivity contribution in [1.82, 2.24) is 0 Å². The monoisotopic (exact) mass is 234 g/mol. The Hall–Kier alpha value is -0.760. The average Bonchev–Trinajstić information content (AvgIpc) is 2.78. The Morgan fingerprint density at radius 3 is 3.00 bits per heavy atom. The number of hydrogen-bond donors (Lipinski definition) is 1. The third-order valence-electron chi connectivity index (χ3n) is 5.38. The maximum Gasteiger partial charge on any atom is 0.113 e. The normalized spacial score (nSPS) is 40.8. The molecule has 2 heteroatoms. The van der Waals surface area contributed by atoms with Crippen LogP contribution in [0, 0.1) is 11.3 Å². The Balaban J connectivity index is 2.07. The molecule has 2 nitrogen and oxygen atoms in total. The van der Waals surface area contributed by atoms with E-state index in [1.807, 2.05) is 6.26 Å². The van der Waals surface area contributed by atoms with Gasteiger partial charge in [0, 0.05) is 12.0 Å². The summed E-state index contributed by atoms with van der Waals surface area (Å²) in [5.41, 5.74) is 1.62. The molecule has 1 N–H and O–H groups in total. The molecule has 2 aliphatic carbocycles. The summed E-state index contributed by atoms with van der Waals surface area (Å²) < 4.78 is 5.78. The molecule has 1 aromatic heterocycles. The summed E-state index contributed by atoms with van der Waals surface area (Å²) in [6.07, 6.45) is 7.70. The maximum atomic E-state index is 9.77. The quantitative estimate of drug-likeness (QED) is 0.809. The van der Waals surface area contributed by atoms with Gasteiger partial charge in [0.15, 0.2) is 0 Å². The van der Waals surface area contributed by atoms with E-state index in [2.05, 4.69) is 19.9 Å². The molecule has 0 amide bonds. The van der Waals surface area contributed by atoms with E-state index >= 15 is 0 Å². The smallest absolute Gasteiger partial charge is 0.113 e. The average molecular weight is 234 g/mol. The van der Waals surface area contributed by atoms with E-state index in [1.165, 1.54) is 30.6 Å². The first-order valence-corrected chi connectivity index (χ1v) is 6.78. The summed E-state index contributed by atoms with van der Waals surface area (Å²) in [5.74, 6) is 1.76. The highest BCUT2D eigenvalue weighted by Crippen LogP contribution is 2.57. The van der Waals surface area contributed by atoms with Gasteiger partial charge in [-0.05, 0) is 48.6 Å². The number of hydrogen-bond acceptors (Lipinski definition) is 2. The van der Waals surface area contributed by atoms with Gasteiger partial charge in [0.25, 0.3) is 0 Å². The molecule has 17 heavy (non-hydrogen) atoms. The standard InChI is InChI=1S/C15H22O2/c1-14(10-16)7-3-8-15(2)12(14)5-4-11-6-9-17-13(11)15/h6,9,12,16H,3-5,7-8,10H2,1-2H3/t12-,14+,15-/m1/s1. The van der Waals surface area contributed by atoms with Gasteiger partial charge in [-0.1, -0.05) is 20.3 Å². The van der Waals surface area contributed by atoms with Gasteiger partial charge in [-0.2, -0.15) is 0 Å². The Labute approximate surface area is 103 Å². The highest BCUT2D eigenvalue weighted by atomic mass is 16.3. The SMILES string of the molecule is C[C@@]1(CO)CCC[C@@]2(C)c3occc3CC[C@H]12. The van der Waals surface area contributed by atoms with Crippen LogP contribution >= 0.6 is 0 Å². The predicted octanol–water partition coefficient (Wildman–Crippen LogP) is 3.28. The Morgan fingerprint density at radius 1 is 1.41 bits per heavy atom. The molecular weight excluding hydrogens is 212 g/mol. The van der Waals surface area contributed by atoms with Crippen molar-refractivity contribution in [2.24, 2.45) is 11.3 Å². The zero-order chi connectivity index (χ0) is 12.1. The van der Waals surface area contributed by atoms with Gasteiger partial charge in [-0.3, -0.25) is 0 Å². The van der Waals surface area contributed by atoms with Crippen molar-refractivity contribution >= 4 is 0 Å². The maximum absolute atomic E-state index is 9.77. The van der Waals surface area contributed by atoms with Gasteiger partial charge in [-0.25, -0.2) is 0 Å². The molecule has 0 radical (unpaired) electrons. The Kier molecular flexibility index (Phi) is 2.41. The lowest BCUT2D eigenvalue weighted by Crippen LogP contribution is -2.50.